The van der Waals surface area contributed by atoms with Crippen LogP contribution < -0.4 is 0 Å². The van der Waals surface area contributed by atoms with E-state index in [4.69, 9.17) is 0 Å². The lowest BCUT2D eigenvalue weighted by molar-refractivity contribution is -0.132. The molecule has 26 heavy (non-hydrogen) atoms. The fourth-order valence-electron chi connectivity index (χ4n) is 3.62. The maximum atomic E-state index is 13.1. The summed E-state index contributed by atoms with van der Waals surface area (Å²) in [5, 5.41) is 0. The highest BCUT2D eigenvalue weighted by Crippen LogP contribution is 2.35. The van der Waals surface area contributed by atoms with Gasteiger partial charge in [-0.25, -0.2) is 4.39 Å². The molecule has 1 unspecified atom stereocenters. The molecule has 1 aromatic heterocycles. The van der Waals surface area contributed by atoms with Gasteiger partial charge in [-0.2, -0.15) is 0 Å². The van der Waals surface area contributed by atoms with Crippen LogP contribution in [0.1, 0.15) is 28.3 Å². The SMILES string of the molecule is O=C(Cc1ccc(F)cc1)N1CCc2ccccc2C1c1ccncc1. The molecule has 1 aliphatic rings. The molecule has 0 N–H and O–H groups in total. The van der Waals surface area contributed by atoms with Gasteiger partial charge in [0.1, 0.15) is 5.82 Å². The Kier molecular flexibility index (Phi) is 4.48. The van der Waals surface area contributed by atoms with Crippen molar-refractivity contribution in [1.82, 2.24) is 9.88 Å². The van der Waals surface area contributed by atoms with Crippen LogP contribution in [-0.4, -0.2) is 22.3 Å². The zero-order chi connectivity index (χ0) is 17.9. The highest BCUT2D eigenvalue weighted by atomic mass is 19.1. The molecule has 0 spiro atoms. The molecule has 4 rings (SSSR count). The van der Waals surface area contributed by atoms with Crippen LogP contribution in [0.4, 0.5) is 4.39 Å². The first-order chi connectivity index (χ1) is 12.7. The minimum Gasteiger partial charge on any atom is -0.331 e. The second-order valence-electron chi connectivity index (χ2n) is 6.52. The van der Waals surface area contributed by atoms with Gasteiger partial charge in [0.15, 0.2) is 0 Å². The number of pyridine rings is 1. The average molecular weight is 346 g/mol. The predicted octanol–water partition coefficient (Wildman–Crippen LogP) is 3.94. The van der Waals surface area contributed by atoms with Crippen LogP contribution in [-0.2, 0) is 17.6 Å². The van der Waals surface area contributed by atoms with E-state index in [-0.39, 0.29) is 24.2 Å². The van der Waals surface area contributed by atoms with Gasteiger partial charge in [0.05, 0.1) is 12.5 Å². The Balaban J connectivity index is 1.68. The first-order valence-corrected chi connectivity index (χ1v) is 8.74. The van der Waals surface area contributed by atoms with Crippen LogP contribution in [0.5, 0.6) is 0 Å². The molecule has 1 amide bonds. The molecule has 1 atom stereocenters. The van der Waals surface area contributed by atoms with Crippen LogP contribution in [0.25, 0.3) is 0 Å². The fourth-order valence-corrected chi connectivity index (χ4v) is 3.62. The summed E-state index contributed by atoms with van der Waals surface area (Å²) < 4.78 is 13.1. The standard InChI is InChI=1S/C22H19FN2O/c23-19-7-5-16(6-8-19)15-21(26)25-14-11-17-3-1-2-4-20(17)22(25)18-9-12-24-13-10-18/h1-10,12-13,22H,11,14-15H2. The van der Waals surface area contributed by atoms with E-state index in [0.717, 1.165) is 23.1 Å². The van der Waals surface area contributed by atoms with Gasteiger partial charge in [0.2, 0.25) is 5.91 Å². The summed E-state index contributed by atoms with van der Waals surface area (Å²) in [7, 11) is 0. The topological polar surface area (TPSA) is 33.2 Å². The first-order valence-electron chi connectivity index (χ1n) is 8.74. The Bertz CT molecular complexity index is 909. The molecule has 3 aromatic rings. The third kappa shape index (κ3) is 3.23. The molecular weight excluding hydrogens is 327 g/mol. The zero-order valence-electron chi connectivity index (χ0n) is 14.3. The minimum atomic E-state index is -0.289. The van der Waals surface area contributed by atoms with Gasteiger partial charge >= 0.3 is 0 Å². The lowest BCUT2D eigenvalue weighted by Crippen LogP contribution is -2.41. The highest BCUT2D eigenvalue weighted by molar-refractivity contribution is 5.80. The number of carbonyl (C=O) groups excluding carboxylic acids is 1. The summed E-state index contributed by atoms with van der Waals surface area (Å²) >= 11 is 0. The van der Waals surface area contributed by atoms with Crippen molar-refractivity contribution in [2.75, 3.05) is 6.54 Å². The maximum Gasteiger partial charge on any atom is 0.227 e. The predicted molar refractivity (Wildman–Crippen MR) is 98.0 cm³/mol. The van der Waals surface area contributed by atoms with E-state index in [9.17, 15) is 9.18 Å². The molecule has 130 valence electrons. The van der Waals surface area contributed by atoms with E-state index in [2.05, 4.69) is 17.1 Å². The van der Waals surface area contributed by atoms with Crippen molar-refractivity contribution in [2.45, 2.75) is 18.9 Å². The summed E-state index contributed by atoms with van der Waals surface area (Å²) in [6.45, 7) is 0.671. The van der Waals surface area contributed by atoms with Crippen LogP contribution >= 0.6 is 0 Å². The van der Waals surface area contributed by atoms with Crippen LogP contribution in [0.2, 0.25) is 0 Å². The highest BCUT2D eigenvalue weighted by Gasteiger charge is 2.31. The lowest BCUT2D eigenvalue weighted by Gasteiger charge is -2.38. The minimum absolute atomic E-state index is 0.0490. The Morgan fingerprint density at radius 1 is 1.04 bits per heavy atom. The second kappa shape index (κ2) is 7.08. The molecule has 0 saturated carbocycles. The van der Waals surface area contributed by atoms with E-state index < -0.39 is 0 Å². The van der Waals surface area contributed by atoms with Gasteiger partial charge < -0.3 is 4.90 Å². The number of halogens is 1. The van der Waals surface area contributed by atoms with Crippen molar-refractivity contribution in [2.24, 2.45) is 0 Å². The van der Waals surface area contributed by atoms with Crippen molar-refractivity contribution < 1.29 is 9.18 Å². The lowest BCUT2D eigenvalue weighted by atomic mass is 9.88. The van der Waals surface area contributed by atoms with Crippen molar-refractivity contribution >= 4 is 5.91 Å². The molecular formula is C22H19FN2O. The number of benzene rings is 2. The summed E-state index contributed by atoms with van der Waals surface area (Å²) in [6, 6.07) is 18.2. The maximum absolute atomic E-state index is 13.1. The molecule has 2 heterocycles. The van der Waals surface area contributed by atoms with E-state index in [1.165, 1.54) is 17.7 Å². The summed E-state index contributed by atoms with van der Waals surface area (Å²) in [5.74, 6) is -0.240. The first kappa shape index (κ1) is 16.5. The number of carbonyl (C=O) groups is 1. The zero-order valence-corrected chi connectivity index (χ0v) is 14.3. The number of rotatable bonds is 3. The Morgan fingerprint density at radius 3 is 2.54 bits per heavy atom. The van der Waals surface area contributed by atoms with Crippen molar-refractivity contribution in [3.63, 3.8) is 0 Å². The average Bonchev–Trinajstić information content (AvgIpc) is 2.69. The molecule has 2 aromatic carbocycles. The van der Waals surface area contributed by atoms with Gasteiger partial charge in [-0.1, -0.05) is 36.4 Å². The summed E-state index contributed by atoms with van der Waals surface area (Å²) in [4.78, 5) is 19.1. The molecule has 0 saturated heterocycles. The molecule has 0 bridgehead atoms. The number of fused-ring (bicyclic) bond motifs is 1. The third-order valence-electron chi connectivity index (χ3n) is 4.89. The molecule has 3 nitrogen and oxygen atoms in total. The van der Waals surface area contributed by atoms with E-state index >= 15 is 0 Å². The largest absolute Gasteiger partial charge is 0.331 e. The number of hydrogen-bond acceptors (Lipinski definition) is 2. The quantitative estimate of drug-likeness (QED) is 0.720. The monoisotopic (exact) mass is 346 g/mol. The molecule has 0 fully saturated rings. The van der Waals surface area contributed by atoms with E-state index in [1.807, 2.05) is 29.2 Å². The number of aromatic nitrogens is 1. The van der Waals surface area contributed by atoms with Gasteiger partial charge in [-0.3, -0.25) is 9.78 Å². The Hall–Kier alpha value is -3.01. The summed E-state index contributed by atoms with van der Waals surface area (Å²) in [6.07, 6.45) is 4.63. The fraction of sp³-hybridized carbons (Fsp3) is 0.182. The Labute approximate surface area is 152 Å². The van der Waals surface area contributed by atoms with Crippen LogP contribution in [0, 0.1) is 5.82 Å². The van der Waals surface area contributed by atoms with Gasteiger partial charge in [0.25, 0.3) is 0 Å². The number of hydrogen-bond donors (Lipinski definition) is 0. The van der Waals surface area contributed by atoms with Crippen molar-refractivity contribution in [3.8, 4) is 0 Å². The van der Waals surface area contributed by atoms with E-state index in [0.29, 0.717) is 6.54 Å². The van der Waals surface area contributed by atoms with Crippen LogP contribution in [0.3, 0.4) is 0 Å². The number of amides is 1. The van der Waals surface area contributed by atoms with Gasteiger partial charge in [-0.05, 0) is 52.9 Å². The van der Waals surface area contributed by atoms with Crippen molar-refractivity contribution in [3.05, 3.63) is 101 Å². The molecule has 1 aliphatic heterocycles. The smallest absolute Gasteiger partial charge is 0.227 e. The molecule has 4 heteroatoms. The molecule has 0 radical (unpaired) electrons. The molecule has 0 aliphatic carbocycles. The summed E-state index contributed by atoms with van der Waals surface area (Å²) in [5.41, 5.74) is 4.32. The number of nitrogens with zero attached hydrogens (tertiary/aromatic N) is 2. The Morgan fingerprint density at radius 2 is 1.77 bits per heavy atom. The second-order valence-corrected chi connectivity index (χ2v) is 6.52. The normalized spacial score (nSPS) is 16.2. The van der Waals surface area contributed by atoms with Crippen molar-refractivity contribution in [1.29, 1.82) is 0 Å². The van der Waals surface area contributed by atoms with Gasteiger partial charge in [0, 0.05) is 18.9 Å². The van der Waals surface area contributed by atoms with Crippen LogP contribution in [0.15, 0.2) is 73.1 Å². The van der Waals surface area contributed by atoms with Gasteiger partial charge in [-0.15, -0.1) is 0 Å². The third-order valence-corrected chi connectivity index (χ3v) is 4.89. The van der Waals surface area contributed by atoms with E-state index in [1.54, 1.807) is 24.5 Å².